The molecule has 1 heterocycles. The van der Waals surface area contributed by atoms with Crippen molar-refractivity contribution in [2.75, 3.05) is 26.1 Å². The minimum Gasteiger partial charge on any atom is -0.474 e. The third kappa shape index (κ3) is 3.75. The van der Waals surface area contributed by atoms with Crippen LogP contribution in [0, 0.1) is 12.3 Å². The summed E-state index contributed by atoms with van der Waals surface area (Å²) in [4.78, 5) is 19.9. The highest BCUT2D eigenvalue weighted by atomic mass is 16.5. The number of aromatic nitrogens is 2. The first-order chi connectivity index (χ1) is 11.1. The van der Waals surface area contributed by atoms with Crippen LogP contribution in [-0.2, 0) is 4.74 Å². The molecule has 23 heavy (non-hydrogen) atoms. The second kappa shape index (κ2) is 7.24. The van der Waals surface area contributed by atoms with Gasteiger partial charge in [-0.15, -0.1) is 6.42 Å². The number of hydrogen-bond acceptors (Lipinski definition) is 6. The summed E-state index contributed by atoms with van der Waals surface area (Å²) in [5.74, 6) is 2.08. The van der Waals surface area contributed by atoms with Gasteiger partial charge in [0.2, 0.25) is 5.88 Å². The number of nitrogens with two attached hydrogens (primary N) is 2. The van der Waals surface area contributed by atoms with E-state index in [1.165, 1.54) is 7.11 Å². The molecule has 7 heteroatoms. The Morgan fingerprint density at radius 2 is 2.13 bits per heavy atom. The molecule has 0 fully saturated rings. The molecule has 1 amide bonds. The Morgan fingerprint density at radius 1 is 1.35 bits per heavy atom. The van der Waals surface area contributed by atoms with E-state index >= 15 is 0 Å². The average molecular weight is 312 g/mol. The molecule has 0 aliphatic carbocycles. The average Bonchev–Trinajstić information content (AvgIpc) is 2.56. The summed E-state index contributed by atoms with van der Waals surface area (Å²) >= 11 is 0. The summed E-state index contributed by atoms with van der Waals surface area (Å²) in [6.07, 6.45) is 5.39. The fourth-order valence-corrected chi connectivity index (χ4v) is 1.85. The number of benzene rings is 1. The van der Waals surface area contributed by atoms with Crippen molar-refractivity contribution in [3.05, 3.63) is 35.5 Å². The fraction of sp³-hybridized carbons (Fsp3) is 0.188. The van der Waals surface area contributed by atoms with Crippen LogP contribution in [-0.4, -0.2) is 36.2 Å². The Bertz CT molecular complexity index is 768. The SMILES string of the molecule is C#Cc1cccc(-c2nc(OCCOC)c(N)c(C(N)=O)n2)c1. The van der Waals surface area contributed by atoms with E-state index in [0.29, 0.717) is 17.7 Å². The molecule has 0 bridgehead atoms. The number of ether oxygens (including phenoxy) is 2. The molecule has 0 aliphatic rings. The standard InChI is InChI=1S/C16H16N4O3/c1-3-10-5-4-6-11(9-10)15-19-13(14(18)21)12(17)16(20-15)23-8-7-22-2/h1,4-6,9H,7-8,17H2,2H3,(H2,18,21). The van der Waals surface area contributed by atoms with E-state index in [-0.39, 0.29) is 29.7 Å². The number of carbonyl (C=O) groups excluding carboxylic acids is 1. The smallest absolute Gasteiger partial charge is 0.269 e. The minimum atomic E-state index is -0.768. The normalized spacial score (nSPS) is 10.1. The topological polar surface area (TPSA) is 113 Å². The molecule has 1 aromatic carbocycles. The number of nitrogens with zero attached hydrogens (tertiary/aromatic N) is 2. The van der Waals surface area contributed by atoms with Gasteiger partial charge in [0.1, 0.15) is 12.3 Å². The van der Waals surface area contributed by atoms with Gasteiger partial charge in [-0.05, 0) is 12.1 Å². The minimum absolute atomic E-state index is 0.00884. The number of terminal acetylenes is 1. The summed E-state index contributed by atoms with van der Waals surface area (Å²) in [6.45, 7) is 0.566. The first-order valence-corrected chi connectivity index (χ1v) is 6.73. The quantitative estimate of drug-likeness (QED) is 0.603. The molecule has 0 aliphatic heterocycles. The zero-order chi connectivity index (χ0) is 16.8. The van der Waals surface area contributed by atoms with Crippen LogP contribution in [0.1, 0.15) is 16.1 Å². The number of nitrogen functional groups attached to an aromatic ring is 1. The first kappa shape index (κ1) is 16.3. The molecular formula is C16H16N4O3. The molecule has 0 saturated carbocycles. The second-order valence-electron chi connectivity index (χ2n) is 4.55. The van der Waals surface area contributed by atoms with Gasteiger partial charge in [-0.2, -0.15) is 4.98 Å². The van der Waals surface area contributed by atoms with E-state index in [0.717, 1.165) is 0 Å². The van der Waals surface area contributed by atoms with Gasteiger partial charge in [-0.25, -0.2) is 4.98 Å². The van der Waals surface area contributed by atoms with Gasteiger partial charge in [0.05, 0.1) is 6.61 Å². The molecule has 0 spiro atoms. The van der Waals surface area contributed by atoms with E-state index in [1.54, 1.807) is 24.3 Å². The molecule has 0 atom stereocenters. The van der Waals surface area contributed by atoms with Crippen molar-refractivity contribution in [2.24, 2.45) is 5.73 Å². The van der Waals surface area contributed by atoms with E-state index in [2.05, 4.69) is 15.9 Å². The first-order valence-electron chi connectivity index (χ1n) is 6.73. The summed E-state index contributed by atoms with van der Waals surface area (Å²) in [7, 11) is 1.54. The molecule has 4 N–H and O–H groups in total. The van der Waals surface area contributed by atoms with E-state index < -0.39 is 5.91 Å². The van der Waals surface area contributed by atoms with Gasteiger partial charge < -0.3 is 20.9 Å². The van der Waals surface area contributed by atoms with Crippen LogP contribution >= 0.6 is 0 Å². The van der Waals surface area contributed by atoms with Gasteiger partial charge in [0, 0.05) is 18.2 Å². The Hall–Kier alpha value is -3.11. The summed E-state index contributed by atoms with van der Waals surface area (Å²) in [5, 5.41) is 0. The van der Waals surface area contributed by atoms with E-state index in [1.807, 2.05) is 0 Å². The third-order valence-electron chi connectivity index (χ3n) is 2.96. The van der Waals surface area contributed by atoms with Crippen LogP contribution in [0.4, 0.5) is 5.69 Å². The number of carbonyl (C=O) groups is 1. The van der Waals surface area contributed by atoms with Crippen molar-refractivity contribution in [1.29, 1.82) is 0 Å². The van der Waals surface area contributed by atoms with Crippen molar-refractivity contribution < 1.29 is 14.3 Å². The third-order valence-corrected chi connectivity index (χ3v) is 2.96. The van der Waals surface area contributed by atoms with Crippen molar-refractivity contribution in [3.8, 4) is 29.6 Å². The second-order valence-corrected chi connectivity index (χ2v) is 4.55. The largest absolute Gasteiger partial charge is 0.474 e. The maximum absolute atomic E-state index is 11.5. The van der Waals surface area contributed by atoms with Crippen LogP contribution < -0.4 is 16.2 Å². The highest BCUT2D eigenvalue weighted by Gasteiger charge is 2.18. The van der Waals surface area contributed by atoms with Gasteiger partial charge in [-0.1, -0.05) is 18.1 Å². The predicted octanol–water partition coefficient (Wildman–Crippen LogP) is 0.831. The maximum atomic E-state index is 11.5. The number of anilines is 1. The van der Waals surface area contributed by atoms with Gasteiger partial charge in [0.25, 0.3) is 5.91 Å². The lowest BCUT2D eigenvalue weighted by atomic mass is 10.1. The lowest BCUT2D eigenvalue weighted by Gasteiger charge is -2.11. The monoisotopic (exact) mass is 312 g/mol. The highest BCUT2D eigenvalue weighted by Crippen LogP contribution is 2.26. The molecule has 2 aromatic rings. The Morgan fingerprint density at radius 3 is 2.78 bits per heavy atom. The molecule has 0 radical (unpaired) electrons. The van der Waals surface area contributed by atoms with Gasteiger partial charge in [0.15, 0.2) is 11.5 Å². The van der Waals surface area contributed by atoms with Crippen molar-refractivity contribution >= 4 is 11.6 Å². The van der Waals surface area contributed by atoms with Crippen LogP contribution in [0.15, 0.2) is 24.3 Å². The molecule has 7 nitrogen and oxygen atoms in total. The summed E-state index contributed by atoms with van der Waals surface area (Å²) in [6, 6.07) is 7.01. The van der Waals surface area contributed by atoms with Crippen LogP contribution in [0.25, 0.3) is 11.4 Å². The molecule has 0 unspecified atom stereocenters. The Kier molecular flexibility index (Phi) is 5.12. The molecular weight excluding hydrogens is 296 g/mol. The van der Waals surface area contributed by atoms with Gasteiger partial charge >= 0.3 is 0 Å². The lowest BCUT2D eigenvalue weighted by molar-refractivity contribution is 0.0995. The number of rotatable bonds is 6. The lowest BCUT2D eigenvalue weighted by Crippen LogP contribution is -2.18. The summed E-state index contributed by atoms with van der Waals surface area (Å²) in [5.41, 5.74) is 12.3. The fourth-order valence-electron chi connectivity index (χ4n) is 1.85. The molecule has 2 rings (SSSR count). The zero-order valence-electron chi connectivity index (χ0n) is 12.6. The van der Waals surface area contributed by atoms with Crippen molar-refractivity contribution in [2.45, 2.75) is 0 Å². The van der Waals surface area contributed by atoms with Crippen LogP contribution in [0.5, 0.6) is 5.88 Å². The molecule has 1 aromatic heterocycles. The Balaban J connectivity index is 2.50. The van der Waals surface area contributed by atoms with Crippen LogP contribution in [0.3, 0.4) is 0 Å². The number of amides is 1. The predicted molar refractivity (Wildman–Crippen MR) is 85.7 cm³/mol. The van der Waals surface area contributed by atoms with Crippen molar-refractivity contribution in [3.63, 3.8) is 0 Å². The van der Waals surface area contributed by atoms with Crippen LogP contribution in [0.2, 0.25) is 0 Å². The molecule has 0 saturated heterocycles. The number of hydrogen-bond donors (Lipinski definition) is 2. The maximum Gasteiger partial charge on any atom is 0.269 e. The van der Waals surface area contributed by atoms with Crippen molar-refractivity contribution in [1.82, 2.24) is 9.97 Å². The zero-order valence-corrected chi connectivity index (χ0v) is 12.6. The van der Waals surface area contributed by atoms with E-state index in [4.69, 9.17) is 27.4 Å². The number of primary amides is 1. The number of methoxy groups -OCH3 is 1. The van der Waals surface area contributed by atoms with Gasteiger partial charge in [-0.3, -0.25) is 4.79 Å². The van der Waals surface area contributed by atoms with E-state index in [9.17, 15) is 4.79 Å². The highest BCUT2D eigenvalue weighted by molar-refractivity contribution is 5.97. The Labute approximate surface area is 133 Å². The summed E-state index contributed by atoms with van der Waals surface area (Å²) < 4.78 is 10.3. The molecule has 118 valence electrons.